The Morgan fingerprint density at radius 1 is 1.14 bits per heavy atom. The van der Waals surface area contributed by atoms with E-state index in [1.165, 1.54) is 0 Å². The highest BCUT2D eigenvalue weighted by Gasteiger charge is 2.67. The number of fused-ring (bicyclic) bond motifs is 2. The van der Waals surface area contributed by atoms with Crippen LogP contribution in [0.1, 0.15) is 44.6 Å². The normalized spacial score (nSPS) is 30.2. The molecule has 0 aromatic heterocycles. The average molecular weight is 621 g/mol. The lowest BCUT2D eigenvalue weighted by atomic mass is 9.82. The van der Waals surface area contributed by atoms with Gasteiger partial charge in [-0.1, -0.05) is 25.1 Å². The molecule has 44 heavy (non-hydrogen) atoms. The molecule has 1 unspecified atom stereocenters. The van der Waals surface area contributed by atoms with Gasteiger partial charge in [-0.05, 0) is 75.7 Å². The number of likely N-dealkylation sites (tertiary alicyclic amines) is 1. The lowest BCUT2D eigenvalue weighted by Crippen LogP contribution is -2.45. The number of aliphatic hydroxyl groups excluding tert-OH is 1. The van der Waals surface area contributed by atoms with Crippen LogP contribution in [0, 0.1) is 11.8 Å². The van der Waals surface area contributed by atoms with E-state index in [1.54, 1.807) is 9.80 Å². The molecule has 236 valence electrons. The minimum atomic E-state index is -2.98. The van der Waals surface area contributed by atoms with E-state index in [1.807, 2.05) is 68.5 Å². The van der Waals surface area contributed by atoms with Gasteiger partial charge < -0.3 is 30.2 Å². The minimum absolute atomic E-state index is 0.0172. The summed E-state index contributed by atoms with van der Waals surface area (Å²) >= 11 is 0. The summed E-state index contributed by atoms with van der Waals surface area (Å²) in [4.78, 5) is 56.5. The fourth-order valence-corrected chi connectivity index (χ4v) is 10.6. The third-order valence-electron chi connectivity index (χ3n) is 10.1. The van der Waals surface area contributed by atoms with Crippen LogP contribution in [0.4, 0.5) is 17.1 Å². The molecule has 6 atom stereocenters. The van der Waals surface area contributed by atoms with Crippen molar-refractivity contribution in [2.75, 3.05) is 36.5 Å². The van der Waals surface area contributed by atoms with Crippen LogP contribution >= 0.6 is 0 Å². The molecule has 10 nitrogen and oxygen atoms in total. The van der Waals surface area contributed by atoms with Crippen LogP contribution in [0.3, 0.4) is 0 Å². The fraction of sp³-hybridized carbons (Fsp3) is 0.545. The van der Waals surface area contributed by atoms with Crippen molar-refractivity contribution in [1.82, 2.24) is 10.2 Å². The van der Waals surface area contributed by atoms with Crippen LogP contribution in [0.5, 0.6) is 0 Å². The quantitative estimate of drug-likeness (QED) is 0.349. The van der Waals surface area contributed by atoms with Crippen molar-refractivity contribution in [1.29, 1.82) is 0 Å². The van der Waals surface area contributed by atoms with E-state index < -0.39 is 31.5 Å². The zero-order valence-corrected chi connectivity index (χ0v) is 26.8. The Morgan fingerprint density at radius 2 is 1.91 bits per heavy atom. The van der Waals surface area contributed by atoms with Gasteiger partial charge in [-0.15, -0.1) is 0 Å². The molecule has 6 rings (SSSR count). The molecule has 4 N–H and O–H groups in total. The van der Waals surface area contributed by atoms with Gasteiger partial charge in [0.05, 0.1) is 36.8 Å². The summed E-state index contributed by atoms with van der Waals surface area (Å²) < 4.78 is 6.88. The first-order valence-corrected chi connectivity index (χ1v) is 18.9. The first kappa shape index (κ1) is 30.9. The number of carbonyl (C=O) groups is 3. The number of aliphatic hydroxyl groups is 1. The molecule has 3 saturated heterocycles. The number of rotatable bonds is 7. The molecule has 0 radical (unpaired) electrons. The highest BCUT2D eigenvalue weighted by atomic mass is 28.4. The Hall–Kier alpha value is -3.09. The van der Waals surface area contributed by atoms with Crippen molar-refractivity contribution in [2.45, 2.75) is 75.4 Å². The molecular formula is C33H44N4O6Si. The lowest BCUT2D eigenvalue weighted by Gasteiger charge is -2.33. The van der Waals surface area contributed by atoms with Crippen molar-refractivity contribution < 1.29 is 29.0 Å². The van der Waals surface area contributed by atoms with Crippen molar-refractivity contribution in [3.05, 3.63) is 54.1 Å². The number of benzene rings is 2. The van der Waals surface area contributed by atoms with Gasteiger partial charge in [0.2, 0.25) is 11.8 Å². The van der Waals surface area contributed by atoms with Crippen LogP contribution in [0.2, 0.25) is 18.6 Å². The molecule has 2 aromatic carbocycles. The van der Waals surface area contributed by atoms with E-state index >= 15 is 0 Å². The fourth-order valence-electron chi connectivity index (χ4n) is 8.08. The summed E-state index contributed by atoms with van der Waals surface area (Å²) in [6.45, 7) is 7.64. The molecule has 0 saturated carbocycles. The summed E-state index contributed by atoms with van der Waals surface area (Å²) in [5.41, 5.74) is 0.690. The highest BCUT2D eigenvalue weighted by molar-refractivity contribution is 6.71. The van der Waals surface area contributed by atoms with E-state index in [0.717, 1.165) is 32.2 Å². The molecule has 0 bridgehead atoms. The van der Waals surface area contributed by atoms with Crippen molar-refractivity contribution in [3.8, 4) is 0 Å². The van der Waals surface area contributed by atoms with Gasteiger partial charge in [0, 0.05) is 41.5 Å². The molecule has 0 aliphatic carbocycles. The summed E-state index contributed by atoms with van der Waals surface area (Å²) in [5, 5.41) is 16.2. The van der Waals surface area contributed by atoms with Gasteiger partial charge in [0.1, 0.15) is 0 Å². The second-order valence-electron chi connectivity index (χ2n) is 13.4. The molecule has 4 aliphatic rings. The van der Waals surface area contributed by atoms with Gasteiger partial charge in [-0.25, -0.2) is 0 Å². The number of piperidine rings is 1. The third-order valence-corrected chi connectivity index (χ3v) is 12.6. The molecule has 2 aromatic rings. The first-order valence-electron chi connectivity index (χ1n) is 15.9. The van der Waals surface area contributed by atoms with Gasteiger partial charge in [0.15, 0.2) is 13.9 Å². The molecule has 3 amide bonds. The van der Waals surface area contributed by atoms with E-state index in [2.05, 4.69) is 10.6 Å². The SMILES string of the molecule is C[C@@H]1[C@@H]([Si](C)(C)O)[C@H](CC(=O)N2CCC[C@H]2CO)O[C@@]12C(=O)N(c1ccccc1)c1ccc(NC(=O)C3CCCNC3)cc12. The molecule has 1 spiro atoms. The van der Waals surface area contributed by atoms with E-state index in [0.29, 0.717) is 35.7 Å². The topological polar surface area (TPSA) is 131 Å². The van der Waals surface area contributed by atoms with Gasteiger partial charge in [0.25, 0.3) is 5.91 Å². The number of carbonyl (C=O) groups excluding carboxylic acids is 3. The zero-order chi connectivity index (χ0) is 31.2. The van der Waals surface area contributed by atoms with Crippen LogP contribution in [0.25, 0.3) is 0 Å². The van der Waals surface area contributed by atoms with Crippen molar-refractivity contribution in [2.24, 2.45) is 11.8 Å². The zero-order valence-electron chi connectivity index (χ0n) is 25.8. The van der Waals surface area contributed by atoms with E-state index in [-0.39, 0.29) is 42.7 Å². The number of ether oxygens (including phenoxy) is 1. The van der Waals surface area contributed by atoms with Crippen molar-refractivity contribution >= 4 is 43.1 Å². The number of hydrogen-bond donors (Lipinski definition) is 4. The van der Waals surface area contributed by atoms with Crippen molar-refractivity contribution in [3.63, 3.8) is 0 Å². The second kappa shape index (κ2) is 12.0. The largest absolute Gasteiger partial charge is 0.432 e. The smallest absolute Gasteiger partial charge is 0.268 e. The summed E-state index contributed by atoms with van der Waals surface area (Å²) in [7, 11) is -2.98. The maximum Gasteiger partial charge on any atom is 0.268 e. The molecule has 4 heterocycles. The Morgan fingerprint density at radius 3 is 2.59 bits per heavy atom. The lowest BCUT2D eigenvalue weighted by molar-refractivity contribution is -0.149. The highest BCUT2D eigenvalue weighted by Crippen LogP contribution is 2.61. The van der Waals surface area contributed by atoms with E-state index in [4.69, 9.17) is 4.74 Å². The van der Waals surface area contributed by atoms with Crippen LogP contribution in [0.15, 0.2) is 48.5 Å². The Bertz CT molecular complexity index is 1410. The molecule has 3 fully saturated rings. The molecule has 4 aliphatic heterocycles. The predicted molar refractivity (Wildman–Crippen MR) is 170 cm³/mol. The Balaban J connectivity index is 1.40. The monoisotopic (exact) mass is 620 g/mol. The van der Waals surface area contributed by atoms with Gasteiger partial charge in [-0.2, -0.15) is 0 Å². The molecule has 11 heteroatoms. The maximum absolute atomic E-state index is 14.7. The average Bonchev–Trinajstić information content (AvgIpc) is 3.67. The Labute approximate surface area is 259 Å². The summed E-state index contributed by atoms with van der Waals surface area (Å²) in [6.07, 6.45) is 2.66. The number of amides is 3. The van der Waals surface area contributed by atoms with Gasteiger partial charge >= 0.3 is 0 Å². The van der Waals surface area contributed by atoms with E-state index in [9.17, 15) is 24.3 Å². The first-order chi connectivity index (χ1) is 21.1. The number of hydrogen-bond acceptors (Lipinski definition) is 7. The number of para-hydroxylation sites is 1. The third kappa shape index (κ3) is 5.28. The minimum Gasteiger partial charge on any atom is -0.432 e. The number of nitrogens with zero attached hydrogens (tertiary/aromatic N) is 2. The number of nitrogens with one attached hydrogen (secondary N) is 2. The van der Waals surface area contributed by atoms with Crippen LogP contribution in [-0.4, -0.2) is 79.2 Å². The van der Waals surface area contributed by atoms with Crippen LogP contribution in [-0.2, 0) is 24.7 Å². The van der Waals surface area contributed by atoms with Crippen LogP contribution < -0.4 is 15.5 Å². The maximum atomic E-state index is 14.7. The Kier molecular flexibility index (Phi) is 8.44. The molecular weight excluding hydrogens is 576 g/mol. The van der Waals surface area contributed by atoms with Gasteiger partial charge in [-0.3, -0.25) is 19.3 Å². The predicted octanol–water partition coefficient (Wildman–Crippen LogP) is 3.47. The second-order valence-corrected chi connectivity index (χ2v) is 17.3. The summed E-state index contributed by atoms with van der Waals surface area (Å²) in [6, 6.07) is 14.7. The standard InChI is InChI=1S/C33H44N4O6Si/c1-21-30(44(2,3)42)28(18-29(39)36-16-8-12-25(36)20-38)43-33(21)26-17-23(35-31(40)22-9-7-15-34-19-22)13-14-27(26)37(32(33)41)24-10-5-4-6-11-24/h4-6,10-11,13-14,17,21-22,25,28,30,34,38,42H,7-9,12,15-16,18-20H2,1-3H3,(H,35,40)/t21-,22?,25+,28+,30-,33+/m1/s1. The summed E-state index contributed by atoms with van der Waals surface area (Å²) in [5.74, 6) is -1.05. The number of anilines is 3.